The van der Waals surface area contributed by atoms with Crippen molar-refractivity contribution in [3.63, 3.8) is 0 Å². The molecule has 0 unspecified atom stereocenters. The minimum Gasteiger partial charge on any atom is -0.744 e. The summed E-state index contributed by atoms with van der Waals surface area (Å²) in [6.45, 7) is 4.74. The van der Waals surface area contributed by atoms with Crippen molar-refractivity contribution in [1.82, 2.24) is 0 Å². The predicted molar refractivity (Wildman–Crippen MR) is 251 cm³/mol. The Morgan fingerprint density at radius 2 is 0.754 bits per heavy atom. The maximum Gasteiger partial charge on any atom is 1.00 e. The number of rotatable bonds is 43. The van der Waals surface area contributed by atoms with Gasteiger partial charge in [-0.15, -0.1) is 0 Å². The van der Waals surface area contributed by atoms with Gasteiger partial charge in [-0.05, 0) is 89.2 Å². The van der Waals surface area contributed by atoms with Crippen LogP contribution in [-0.4, -0.2) is 38.1 Å². The summed E-state index contributed by atoms with van der Waals surface area (Å²) in [6.07, 6.45) is 53.5. The van der Waals surface area contributed by atoms with Crippen LogP contribution in [0, 0.1) is 0 Å². The van der Waals surface area contributed by atoms with Crippen molar-refractivity contribution in [3.8, 4) is 0 Å². The second-order valence-electron chi connectivity index (χ2n) is 17.1. The molecule has 0 N–H and O–H groups in total. The Morgan fingerprint density at radius 3 is 1.08 bits per heavy atom. The molecule has 61 heavy (non-hydrogen) atoms. The van der Waals surface area contributed by atoms with Crippen molar-refractivity contribution in [1.29, 1.82) is 0 Å². The Morgan fingerprint density at radius 1 is 0.459 bits per heavy atom. The summed E-state index contributed by atoms with van der Waals surface area (Å²) >= 11 is 0. The molecule has 0 spiro atoms. The summed E-state index contributed by atoms with van der Waals surface area (Å²) < 4.78 is 46.9. The maximum absolute atomic E-state index is 13.1. The van der Waals surface area contributed by atoms with Crippen LogP contribution in [0.4, 0.5) is 0 Å². The molecular weight excluding hydrogens is 792 g/mol. The second-order valence-corrected chi connectivity index (χ2v) is 18.5. The molecule has 1 aromatic carbocycles. The molecule has 0 aliphatic carbocycles. The van der Waals surface area contributed by atoms with E-state index in [1.54, 1.807) is 0 Å². The molecule has 0 saturated carbocycles. The number of allylic oxidation sites excluding steroid dienone is 4. The van der Waals surface area contributed by atoms with Gasteiger partial charge in [-0.3, -0.25) is 0 Å². The molecule has 0 aliphatic rings. The van der Waals surface area contributed by atoms with E-state index in [2.05, 4.69) is 38.2 Å². The van der Waals surface area contributed by atoms with Gasteiger partial charge in [-0.25, -0.2) is 18.0 Å². The van der Waals surface area contributed by atoms with Crippen molar-refractivity contribution in [2.45, 2.75) is 250 Å². The monoisotopic (exact) mass is 881 g/mol. The van der Waals surface area contributed by atoms with E-state index in [0.717, 1.165) is 57.4 Å². The van der Waals surface area contributed by atoms with E-state index in [-0.39, 0.29) is 48.3 Å². The van der Waals surface area contributed by atoms with Gasteiger partial charge >= 0.3 is 41.5 Å². The fraction of sp³-hybridized carbons (Fsp3) is 0.769. The van der Waals surface area contributed by atoms with E-state index in [4.69, 9.17) is 9.47 Å². The average Bonchev–Trinajstić information content (AvgIpc) is 3.24. The zero-order valence-corrected chi connectivity index (χ0v) is 42.5. The molecule has 0 heterocycles. The topological polar surface area (TPSA) is 110 Å². The van der Waals surface area contributed by atoms with E-state index in [9.17, 15) is 22.6 Å². The Labute approximate surface area is 397 Å². The number of unbranched alkanes of at least 4 members (excludes halogenated alkanes) is 32. The standard InChI is InChI=1S/C52H90O7S.Na/c1-3-5-7-9-11-13-15-17-19-21-23-25-27-29-31-33-35-37-39-41-46-58-51(53)48-44-43-45-49(60(55,56)57)50(48)52(54)59-47-42-40-38-36-34-32-30-28-26-24-22-20-18-16-14-12-10-8-6-4-2;/h31-34,43-45H,3-30,35-42,46-47H2,1-2H3,(H,55,56,57);/q;+1/p-1/b33-31+,34-32+;. The van der Waals surface area contributed by atoms with Crippen LogP contribution < -0.4 is 29.6 Å². The zero-order chi connectivity index (χ0) is 43.6. The van der Waals surface area contributed by atoms with Gasteiger partial charge in [-0.2, -0.15) is 0 Å². The SMILES string of the molecule is CCCCCCCCCCCCCCC/C=C/CCCCCOC(=O)c1cccc(S(=O)(=O)[O-])c1C(=O)OCCCCC/C=C/CCCCCCCCCCCCCCC.[Na+]. The summed E-state index contributed by atoms with van der Waals surface area (Å²) in [5.74, 6) is -1.84. The summed E-state index contributed by atoms with van der Waals surface area (Å²) in [4.78, 5) is 25.3. The van der Waals surface area contributed by atoms with Crippen LogP contribution in [0.3, 0.4) is 0 Å². The van der Waals surface area contributed by atoms with Crippen LogP contribution in [-0.2, 0) is 19.6 Å². The Balaban J connectivity index is 0.0000360. The number of ether oxygens (including phenoxy) is 2. The molecule has 0 aliphatic heterocycles. The van der Waals surface area contributed by atoms with Crippen LogP contribution in [0.15, 0.2) is 47.4 Å². The second kappa shape index (κ2) is 43.8. The summed E-state index contributed by atoms with van der Waals surface area (Å²) in [5, 5.41) is 0. The van der Waals surface area contributed by atoms with Crippen LogP contribution in [0.1, 0.15) is 266 Å². The molecule has 0 aromatic heterocycles. The fourth-order valence-corrected chi connectivity index (χ4v) is 8.40. The van der Waals surface area contributed by atoms with Crippen molar-refractivity contribution in [2.24, 2.45) is 0 Å². The smallest absolute Gasteiger partial charge is 0.744 e. The minimum atomic E-state index is -5.03. The number of hydrogen-bond acceptors (Lipinski definition) is 7. The van der Waals surface area contributed by atoms with Crippen LogP contribution >= 0.6 is 0 Å². The third kappa shape index (κ3) is 35.6. The molecule has 1 rings (SSSR count). The van der Waals surface area contributed by atoms with Gasteiger partial charge in [0.2, 0.25) is 0 Å². The number of carbonyl (C=O) groups excluding carboxylic acids is 2. The van der Waals surface area contributed by atoms with Gasteiger partial charge in [0.15, 0.2) is 0 Å². The number of hydrogen-bond donors (Lipinski definition) is 0. The molecule has 0 saturated heterocycles. The van der Waals surface area contributed by atoms with Crippen molar-refractivity contribution in [2.75, 3.05) is 13.2 Å². The zero-order valence-electron chi connectivity index (χ0n) is 39.7. The third-order valence-corrected chi connectivity index (χ3v) is 12.4. The van der Waals surface area contributed by atoms with Crippen molar-refractivity contribution >= 4 is 22.1 Å². The van der Waals surface area contributed by atoms with Crippen molar-refractivity contribution in [3.05, 3.63) is 53.6 Å². The van der Waals surface area contributed by atoms with E-state index >= 15 is 0 Å². The molecule has 0 fully saturated rings. The maximum atomic E-state index is 13.1. The van der Waals surface area contributed by atoms with E-state index in [1.165, 1.54) is 179 Å². The number of benzene rings is 1. The van der Waals surface area contributed by atoms with Gasteiger partial charge in [0, 0.05) is 0 Å². The molecular formula is C52H89NaO7S. The summed E-state index contributed by atoms with van der Waals surface area (Å²) in [5.41, 5.74) is -0.802. The van der Waals surface area contributed by atoms with Crippen LogP contribution in [0.5, 0.6) is 0 Å². The van der Waals surface area contributed by atoms with E-state index in [1.807, 2.05) is 0 Å². The first-order valence-electron chi connectivity index (χ1n) is 25.1. The molecule has 0 bridgehead atoms. The van der Waals surface area contributed by atoms with Crippen LogP contribution in [0.25, 0.3) is 0 Å². The average molecular weight is 881 g/mol. The van der Waals surface area contributed by atoms with E-state index < -0.39 is 32.5 Å². The van der Waals surface area contributed by atoms with Gasteiger partial charge in [0.05, 0.1) is 29.2 Å². The van der Waals surface area contributed by atoms with Gasteiger partial charge in [0.1, 0.15) is 10.1 Å². The first-order valence-corrected chi connectivity index (χ1v) is 26.5. The van der Waals surface area contributed by atoms with Crippen molar-refractivity contribution < 1.29 is 61.6 Å². The van der Waals surface area contributed by atoms with E-state index in [0.29, 0.717) is 12.8 Å². The molecule has 346 valence electrons. The molecule has 1 aromatic rings. The minimum absolute atomic E-state index is 0. The van der Waals surface area contributed by atoms with Gasteiger partial charge in [-0.1, -0.05) is 198 Å². The quantitative estimate of drug-likeness (QED) is 0.0211. The van der Waals surface area contributed by atoms with Gasteiger partial charge < -0.3 is 14.0 Å². The van der Waals surface area contributed by atoms with Gasteiger partial charge in [0.25, 0.3) is 0 Å². The third-order valence-electron chi connectivity index (χ3n) is 11.5. The fourth-order valence-electron chi connectivity index (χ4n) is 7.71. The summed E-state index contributed by atoms with van der Waals surface area (Å²) in [6, 6.07) is 3.61. The molecule has 0 atom stereocenters. The normalized spacial score (nSPS) is 11.7. The summed E-state index contributed by atoms with van der Waals surface area (Å²) in [7, 11) is -5.03. The Kier molecular flexibility index (Phi) is 42.7. The predicted octanol–water partition coefficient (Wildman–Crippen LogP) is 13.1. The number of esters is 2. The largest absolute Gasteiger partial charge is 1.00 e. The molecule has 0 radical (unpaired) electrons. The van der Waals surface area contributed by atoms with Crippen LogP contribution in [0.2, 0.25) is 0 Å². The first-order chi connectivity index (χ1) is 29.3. The number of carbonyl (C=O) groups is 2. The molecule has 9 heteroatoms. The first kappa shape index (κ1) is 59.5. The molecule has 7 nitrogen and oxygen atoms in total. The molecule has 0 amide bonds. The Bertz CT molecular complexity index is 1340. The Hall–Kier alpha value is -1.45.